The number of alkyl halides is 4. The van der Waals surface area contributed by atoms with E-state index in [-0.39, 0.29) is 12.3 Å². The Kier molecular flexibility index (Phi) is 3.64. The second kappa shape index (κ2) is 4.38. The zero-order chi connectivity index (χ0) is 10.8. The van der Waals surface area contributed by atoms with Gasteiger partial charge in [0.25, 0.3) is 0 Å². The molecule has 0 bridgehead atoms. The molecule has 0 aromatic carbocycles. The number of likely N-dealkylation sites (tertiary alicyclic amines) is 1. The Bertz CT molecular complexity index is 219. The Morgan fingerprint density at radius 2 is 2.21 bits per heavy atom. The molecule has 1 fully saturated rings. The number of rotatable bonds is 3. The first-order valence-electron chi connectivity index (χ1n) is 4.25. The Morgan fingerprint density at radius 1 is 1.57 bits per heavy atom. The van der Waals surface area contributed by atoms with Crippen molar-refractivity contribution in [3.8, 4) is 0 Å². The van der Waals surface area contributed by atoms with Crippen molar-refractivity contribution < 1.29 is 18.0 Å². The van der Waals surface area contributed by atoms with Gasteiger partial charge in [-0.2, -0.15) is 13.2 Å². The van der Waals surface area contributed by atoms with E-state index in [0.717, 1.165) is 0 Å². The minimum Gasteiger partial charge on any atom is -0.338 e. The van der Waals surface area contributed by atoms with Crippen LogP contribution < -0.4 is 0 Å². The van der Waals surface area contributed by atoms with Gasteiger partial charge in [0.1, 0.15) is 5.38 Å². The van der Waals surface area contributed by atoms with Crippen LogP contribution in [0.4, 0.5) is 13.2 Å². The summed E-state index contributed by atoms with van der Waals surface area (Å²) in [5, 5.41) is -1.91. The topological polar surface area (TPSA) is 20.3 Å². The van der Waals surface area contributed by atoms with Gasteiger partial charge in [-0.25, -0.2) is 0 Å². The molecular formula is C8H10ClF3NO. The molecule has 6 heteroatoms. The maximum Gasteiger partial charge on any atom is 0.405 e. The number of carbonyl (C=O) groups is 1. The van der Waals surface area contributed by atoms with E-state index in [2.05, 4.69) is 0 Å². The zero-order valence-corrected chi connectivity index (χ0v) is 8.11. The lowest BCUT2D eigenvalue weighted by molar-refractivity contribution is -0.134. The molecule has 0 N–H and O–H groups in total. The molecule has 1 aliphatic heterocycles. The van der Waals surface area contributed by atoms with Crippen molar-refractivity contribution >= 4 is 17.5 Å². The largest absolute Gasteiger partial charge is 0.405 e. The molecule has 0 spiro atoms. The van der Waals surface area contributed by atoms with Crippen LogP contribution in [0.2, 0.25) is 0 Å². The predicted molar refractivity (Wildman–Crippen MR) is 45.6 cm³/mol. The fourth-order valence-electron chi connectivity index (χ4n) is 1.22. The fraction of sp³-hybridized carbons (Fsp3) is 0.750. The highest BCUT2D eigenvalue weighted by Crippen LogP contribution is 2.28. The van der Waals surface area contributed by atoms with Crippen molar-refractivity contribution in [2.45, 2.75) is 30.8 Å². The summed E-state index contributed by atoms with van der Waals surface area (Å²) >= 11 is 5.09. The van der Waals surface area contributed by atoms with E-state index in [4.69, 9.17) is 11.6 Å². The van der Waals surface area contributed by atoms with E-state index in [0.29, 0.717) is 19.4 Å². The lowest BCUT2D eigenvalue weighted by atomic mass is 10.3. The summed E-state index contributed by atoms with van der Waals surface area (Å²) in [4.78, 5) is 12.3. The van der Waals surface area contributed by atoms with Crippen molar-refractivity contribution in [3.63, 3.8) is 0 Å². The van der Waals surface area contributed by atoms with Crippen LogP contribution >= 0.6 is 11.6 Å². The Morgan fingerprint density at radius 3 is 2.64 bits per heavy atom. The standard InChI is InChI=1S/C8H10ClF3NO/c9-6(8(10,11)12)3-5-13-4-1-2-7(13)14/h5-6H,1-4H2/t6-/m0/s1. The van der Waals surface area contributed by atoms with Crippen LogP contribution in [-0.2, 0) is 4.79 Å². The first kappa shape index (κ1) is 11.6. The minimum absolute atomic E-state index is 0.129. The molecule has 0 aromatic rings. The molecule has 1 atom stereocenters. The summed E-state index contributed by atoms with van der Waals surface area (Å²) in [7, 11) is 0. The number of amides is 1. The third-order valence-electron chi connectivity index (χ3n) is 2.00. The molecule has 1 radical (unpaired) electrons. The van der Waals surface area contributed by atoms with E-state index in [1.165, 1.54) is 11.4 Å². The van der Waals surface area contributed by atoms with Gasteiger partial charge < -0.3 is 4.90 Å². The summed E-state index contributed by atoms with van der Waals surface area (Å²) in [6, 6.07) is 0. The summed E-state index contributed by atoms with van der Waals surface area (Å²) in [6.45, 7) is 1.74. The summed E-state index contributed by atoms with van der Waals surface area (Å²) in [5.74, 6) is -0.129. The Hall–Kier alpha value is -0.450. The quantitative estimate of drug-likeness (QED) is 0.679. The van der Waals surface area contributed by atoms with Crippen LogP contribution in [0.25, 0.3) is 0 Å². The monoisotopic (exact) mass is 228 g/mol. The Labute approximate surface area is 85.0 Å². The maximum atomic E-state index is 12.0. The predicted octanol–water partition coefficient (Wildman–Crippen LogP) is 2.33. The minimum atomic E-state index is -4.40. The van der Waals surface area contributed by atoms with Crippen LogP contribution in [0.15, 0.2) is 0 Å². The van der Waals surface area contributed by atoms with E-state index in [1.54, 1.807) is 0 Å². The molecule has 1 saturated heterocycles. The maximum absolute atomic E-state index is 12.0. The summed E-state index contributed by atoms with van der Waals surface area (Å²) in [5.41, 5.74) is 0. The SMILES string of the molecule is O=C1CCCN1[CH]C[C@H](Cl)C(F)(F)F. The second-order valence-electron chi connectivity index (χ2n) is 3.12. The average molecular weight is 229 g/mol. The lowest BCUT2D eigenvalue weighted by Gasteiger charge is -2.18. The highest BCUT2D eigenvalue weighted by Gasteiger charge is 2.38. The summed E-state index contributed by atoms with van der Waals surface area (Å²) in [6.07, 6.45) is -3.64. The van der Waals surface area contributed by atoms with Gasteiger partial charge in [0.05, 0.1) is 6.54 Å². The van der Waals surface area contributed by atoms with Crippen molar-refractivity contribution in [1.82, 2.24) is 4.90 Å². The van der Waals surface area contributed by atoms with E-state index < -0.39 is 11.6 Å². The summed E-state index contributed by atoms with van der Waals surface area (Å²) < 4.78 is 35.9. The molecule has 1 aliphatic rings. The molecule has 14 heavy (non-hydrogen) atoms. The first-order valence-corrected chi connectivity index (χ1v) is 4.68. The average Bonchev–Trinajstić information content (AvgIpc) is 2.45. The normalized spacial score (nSPS) is 20.3. The second-order valence-corrected chi connectivity index (χ2v) is 3.64. The van der Waals surface area contributed by atoms with Crippen LogP contribution in [0.3, 0.4) is 0 Å². The molecule has 2 nitrogen and oxygen atoms in total. The molecule has 1 amide bonds. The van der Waals surface area contributed by atoms with Gasteiger partial charge in [-0.3, -0.25) is 4.79 Å². The molecule has 0 aliphatic carbocycles. The molecule has 0 unspecified atom stereocenters. The van der Waals surface area contributed by atoms with Crippen molar-refractivity contribution in [3.05, 3.63) is 6.54 Å². The fourth-order valence-corrected chi connectivity index (χ4v) is 1.30. The molecule has 0 aromatic heterocycles. The third kappa shape index (κ3) is 3.04. The van der Waals surface area contributed by atoms with Gasteiger partial charge in [-0.15, -0.1) is 11.6 Å². The van der Waals surface area contributed by atoms with Crippen molar-refractivity contribution in [1.29, 1.82) is 0 Å². The third-order valence-corrected chi connectivity index (χ3v) is 2.42. The number of hydrogen-bond donors (Lipinski definition) is 0. The highest BCUT2D eigenvalue weighted by atomic mass is 35.5. The van der Waals surface area contributed by atoms with Gasteiger partial charge in [-0.05, 0) is 12.8 Å². The van der Waals surface area contributed by atoms with E-state index >= 15 is 0 Å². The van der Waals surface area contributed by atoms with Crippen molar-refractivity contribution in [2.75, 3.05) is 6.54 Å². The van der Waals surface area contributed by atoms with Gasteiger partial charge in [0, 0.05) is 13.0 Å². The van der Waals surface area contributed by atoms with Crippen molar-refractivity contribution in [2.24, 2.45) is 0 Å². The molecule has 81 valence electrons. The van der Waals surface area contributed by atoms with Gasteiger partial charge in [0.15, 0.2) is 0 Å². The van der Waals surface area contributed by atoms with E-state index in [9.17, 15) is 18.0 Å². The zero-order valence-electron chi connectivity index (χ0n) is 7.35. The molecule has 1 rings (SSSR count). The van der Waals surface area contributed by atoms with Gasteiger partial charge >= 0.3 is 6.18 Å². The number of nitrogens with zero attached hydrogens (tertiary/aromatic N) is 1. The lowest BCUT2D eigenvalue weighted by Crippen LogP contribution is -2.28. The van der Waals surface area contributed by atoms with Crippen LogP contribution in [0.1, 0.15) is 19.3 Å². The number of carbonyl (C=O) groups excluding carboxylic acids is 1. The van der Waals surface area contributed by atoms with Crippen LogP contribution in [-0.4, -0.2) is 28.9 Å². The molecule has 1 heterocycles. The van der Waals surface area contributed by atoms with Crippen LogP contribution in [0.5, 0.6) is 0 Å². The number of halogens is 4. The van der Waals surface area contributed by atoms with Gasteiger partial charge in [0.2, 0.25) is 5.91 Å². The van der Waals surface area contributed by atoms with E-state index in [1.807, 2.05) is 0 Å². The van der Waals surface area contributed by atoms with Gasteiger partial charge in [-0.1, -0.05) is 0 Å². The number of hydrogen-bond acceptors (Lipinski definition) is 1. The highest BCUT2D eigenvalue weighted by molar-refractivity contribution is 6.21. The van der Waals surface area contributed by atoms with Crippen LogP contribution in [0, 0.1) is 6.54 Å². The first-order chi connectivity index (χ1) is 6.41. The molecular weight excluding hydrogens is 219 g/mol. The smallest absolute Gasteiger partial charge is 0.338 e. The molecule has 0 saturated carbocycles. The Balaban J connectivity index is 2.30.